The Labute approximate surface area is 124 Å². The number of nitrogens with zero attached hydrogens (tertiary/aromatic N) is 1. The van der Waals surface area contributed by atoms with E-state index in [9.17, 15) is 4.79 Å². The Bertz CT molecular complexity index is 646. The van der Waals surface area contributed by atoms with Gasteiger partial charge in [-0.15, -0.1) is 0 Å². The van der Waals surface area contributed by atoms with Gasteiger partial charge in [-0.1, -0.05) is 6.92 Å². The Balaban J connectivity index is 1.65. The summed E-state index contributed by atoms with van der Waals surface area (Å²) in [6, 6.07) is 6.28. The normalized spacial score (nSPS) is 20.5. The van der Waals surface area contributed by atoms with E-state index in [1.165, 1.54) is 38.8 Å². The molecule has 1 aromatic carbocycles. The first-order valence-electron chi connectivity index (χ1n) is 7.86. The van der Waals surface area contributed by atoms with Crippen molar-refractivity contribution < 1.29 is 4.42 Å². The first-order valence-corrected chi connectivity index (χ1v) is 7.86. The van der Waals surface area contributed by atoms with Crippen LogP contribution >= 0.6 is 0 Å². The third-order valence-electron chi connectivity index (χ3n) is 4.15. The molecule has 21 heavy (non-hydrogen) atoms. The van der Waals surface area contributed by atoms with E-state index in [1.807, 2.05) is 18.2 Å². The molecular formula is C16H23N3O2. The number of aromatic amines is 1. The van der Waals surface area contributed by atoms with Crippen molar-refractivity contribution in [3.05, 3.63) is 28.7 Å². The van der Waals surface area contributed by atoms with Crippen LogP contribution in [0.5, 0.6) is 0 Å². The Hall–Kier alpha value is -1.75. The van der Waals surface area contributed by atoms with Crippen molar-refractivity contribution in [1.29, 1.82) is 0 Å². The van der Waals surface area contributed by atoms with Crippen molar-refractivity contribution in [2.45, 2.75) is 38.6 Å². The fourth-order valence-electron chi connectivity index (χ4n) is 3.12. The monoisotopic (exact) mass is 289 g/mol. The lowest BCUT2D eigenvalue weighted by Gasteiger charge is -2.20. The smallest absolute Gasteiger partial charge is 0.408 e. The predicted molar refractivity (Wildman–Crippen MR) is 84.8 cm³/mol. The van der Waals surface area contributed by atoms with E-state index in [1.54, 1.807) is 0 Å². The van der Waals surface area contributed by atoms with Gasteiger partial charge in [0.05, 0.1) is 5.52 Å². The summed E-state index contributed by atoms with van der Waals surface area (Å²) in [5, 5.41) is 3.59. The summed E-state index contributed by atoms with van der Waals surface area (Å²) in [5.41, 5.74) is 2.42. The zero-order valence-electron chi connectivity index (χ0n) is 12.5. The zero-order chi connectivity index (χ0) is 14.7. The molecule has 1 unspecified atom stereocenters. The van der Waals surface area contributed by atoms with Gasteiger partial charge >= 0.3 is 5.76 Å². The average molecular weight is 289 g/mol. The van der Waals surface area contributed by atoms with Gasteiger partial charge in [0.1, 0.15) is 0 Å². The molecule has 0 amide bonds. The molecule has 0 aliphatic carbocycles. The number of hydrogen-bond donors (Lipinski definition) is 2. The summed E-state index contributed by atoms with van der Waals surface area (Å²) in [6.45, 7) is 5.81. The van der Waals surface area contributed by atoms with Crippen molar-refractivity contribution in [3.8, 4) is 0 Å². The van der Waals surface area contributed by atoms with Crippen LogP contribution < -0.4 is 11.1 Å². The first-order chi connectivity index (χ1) is 10.2. The highest BCUT2D eigenvalue weighted by Gasteiger charge is 2.16. The third kappa shape index (κ3) is 3.47. The molecule has 1 aliphatic heterocycles. The molecule has 1 aromatic heterocycles. The summed E-state index contributed by atoms with van der Waals surface area (Å²) in [7, 11) is 0. The van der Waals surface area contributed by atoms with Crippen LogP contribution in [-0.2, 0) is 0 Å². The summed E-state index contributed by atoms with van der Waals surface area (Å²) < 4.78 is 5.03. The maximum absolute atomic E-state index is 11.2. The molecule has 5 heteroatoms. The van der Waals surface area contributed by atoms with Crippen LogP contribution in [0.1, 0.15) is 32.6 Å². The van der Waals surface area contributed by atoms with Gasteiger partial charge in [0, 0.05) is 18.3 Å². The molecule has 0 saturated carbocycles. The van der Waals surface area contributed by atoms with Gasteiger partial charge in [-0.05, 0) is 57.0 Å². The maximum atomic E-state index is 11.2. The number of nitrogens with one attached hydrogen (secondary N) is 2. The van der Waals surface area contributed by atoms with Gasteiger partial charge in [0.15, 0.2) is 5.58 Å². The van der Waals surface area contributed by atoms with Crippen LogP contribution in [0, 0.1) is 0 Å². The number of hydrogen-bond acceptors (Lipinski definition) is 4. The van der Waals surface area contributed by atoms with Crippen molar-refractivity contribution in [2.24, 2.45) is 0 Å². The molecule has 2 heterocycles. The van der Waals surface area contributed by atoms with Crippen LogP contribution in [0.25, 0.3) is 11.1 Å². The lowest BCUT2D eigenvalue weighted by atomic mass is 10.1. The third-order valence-corrected chi connectivity index (χ3v) is 4.15. The second-order valence-corrected chi connectivity index (χ2v) is 5.84. The highest BCUT2D eigenvalue weighted by atomic mass is 16.4. The van der Waals surface area contributed by atoms with E-state index >= 15 is 0 Å². The van der Waals surface area contributed by atoms with Gasteiger partial charge in [-0.2, -0.15) is 0 Å². The number of oxazole rings is 1. The largest absolute Gasteiger partial charge is 0.417 e. The van der Waals surface area contributed by atoms with Crippen LogP contribution in [0.3, 0.4) is 0 Å². The minimum absolute atomic E-state index is 0.396. The van der Waals surface area contributed by atoms with Crippen molar-refractivity contribution >= 4 is 16.8 Å². The van der Waals surface area contributed by atoms with Crippen LogP contribution in [-0.4, -0.2) is 35.6 Å². The summed E-state index contributed by atoms with van der Waals surface area (Å²) >= 11 is 0. The van der Waals surface area contributed by atoms with Gasteiger partial charge in [0.2, 0.25) is 0 Å². The molecule has 1 aliphatic rings. The fraction of sp³-hybridized carbons (Fsp3) is 0.562. The van der Waals surface area contributed by atoms with Crippen molar-refractivity contribution in [1.82, 2.24) is 9.88 Å². The maximum Gasteiger partial charge on any atom is 0.417 e. The minimum Gasteiger partial charge on any atom is -0.408 e. The Morgan fingerprint density at radius 1 is 1.38 bits per heavy atom. The number of fused-ring (bicyclic) bond motifs is 1. The summed E-state index contributed by atoms with van der Waals surface area (Å²) in [6.07, 6.45) is 4.82. The van der Waals surface area contributed by atoms with Gasteiger partial charge in [-0.3, -0.25) is 4.98 Å². The number of likely N-dealkylation sites (tertiary alicyclic amines) is 1. The Morgan fingerprint density at radius 3 is 3.14 bits per heavy atom. The number of aromatic nitrogens is 1. The minimum atomic E-state index is -0.396. The van der Waals surface area contributed by atoms with Crippen LogP contribution in [0.4, 0.5) is 5.69 Å². The SMILES string of the molecule is CCCN1CCCC(Nc2ccc3oc(=O)[nH]c3c2)CC1. The summed E-state index contributed by atoms with van der Waals surface area (Å²) in [4.78, 5) is 16.4. The van der Waals surface area contributed by atoms with Gasteiger partial charge in [0.25, 0.3) is 0 Å². The Morgan fingerprint density at radius 2 is 2.29 bits per heavy atom. The molecule has 1 saturated heterocycles. The number of anilines is 1. The van der Waals surface area contributed by atoms with Gasteiger partial charge in [-0.25, -0.2) is 4.79 Å². The second-order valence-electron chi connectivity index (χ2n) is 5.84. The van der Waals surface area contributed by atoms with Gasteiger partial charge < -0.3 is 14.6 Å². The lowest BCUT2D eigenvalue weighted by Crippen LogP contribution is -2.27. The number of benzene rings is 1. The topological polar surface area (TPSA) is 61.3 Å². The van der Waals surface area contributed by atoms with E-state index in [0.717, 1.165) is 17.7 Å². The number of H-pyrrole nitrogens is 1. The van der Waals surface area contributed by atoms with Crippen LogP contribution in [0.2, 0.25) is 0 Å². The molecule has 0 radical (unpaired) electrons. The number of rotatable bonds is 4. The molecule has 2 N–H and O–H groups in total. The molecule has 2 aromatic rings. The highest BCUT2D eigenvalue weighted by Crippen LogP contribution is 2.20. The first kappa shape index (κ1) is 14.2. The molecule has 0 bridgehead atoms. The van der Waals surface area contributed by atoms with Crippen molar-refractivity contribution in [2.75, 3.05) is 25.0 Å². The molecular weight excluding hydrogens is 266 g/mol. The van der Waals surface area contributed by atoms with E-state index in [-0.39, 0.29) is 0 Å². The van der Waals surface area contributed by atoms with Crippen molar-refractivity contribution in [3.63, 3.8) is 0 Å². The van der Waals surface area contributed by atoms with E-state index in [2.05, 4.69) is 22.1 Å². The quantitative estimate of drug-likeness (QED) is 0.908. The molecule has 5 nitrogen and oxygen atoms in total. The molecule has 1 atom stereocenters. The van der Waals surface area contributed by atoms with Crippen LogP contribution in [0.15, 0.2) is 27.4 Å². The molecule has 0 spiro atoms. The average Bonchev–Trinajstić information content (AvgIpc) is 2.69. The molecule has 3 rings (SSSR count). The lowest BCUT2D eigenvalue weighted by molar-refractivity contribution is 0.285. The molecule has 1 fully saturated rings. The zero-order valence-corrected chi connectivity index (χ0v) is 12.5. The highest BCUT2D eigenvalue weighted by molar-refractivity contribution is 5.76. The standard InChI is InChI=1S/C16H23N3O2/c1-2-8-19-9-3-4-12(7-10-19)17-13-5-6-15-14(11-13)18-16(20)21-15/h5-6,11-12,17H,2-4,7-10H2,1H3,(H,18,20). The second kappa shape index (κ2) is 6.35. The van der Waals surface area contributed by atoms with E-state index < -0.39 is 5.76 Å². The van der Waals surface area contributed by atoms with E-state index in [0.29, 0.717) is 11.6 Å². The summed E-state index contributed by atoms with van der Waals surface area (Å²) in [5.74, 6) is -0.396. The fourth-order valence-corrected chi connectivity index (χ4v) is 3.12. The molecule has 114 valence electrons. The van der Waals surface area contributed by atoms with E-state index in [4.69, 9.17) is 4.42 Å². The predicted octanol–water partition coefficient (Wildman–Crippen LogP) is 2.80. The Kier molecular flexibility index (Phi) is 4.29.